The molecule has 1 saturated heterocycles. The van der Waals surface area contributed by atoms with Gasteiger partial charge in [0.15, 0.2) is 5.60 Å². The number of aromatic nitrogens is 2. The van der Waals surface area contributed by atoms with E-state index in [2.05, 4.69) is 17.0 Å². The van der Waals surface area contributed by atoms with Gasteiger partial charge in [-0.15, -0.1) is 0 Å². The molecule has 1 aromatic carbocycles. The number of likely N-dealkylation sites (tertiary alicyclic amines) is 1. The fourth-order valence-electron chi connectivity index (χ4n) is 5.31. The number of hydrogen-bond acceptors (Lipinski definition) is 5. The van der Waals surface area contributed by atoms with Gasteiger partial charge in [-0.05, 0) is 24.5 Å². The molecule has 0 amide bonds. The molecule has 2 aliphatic rings. The molecule has 1 saturated carbocycles. The van der Waals surface area contributed by atoms with Crippen molar-refractivity contribution in [3.8, 4) is 0 Å². The van der Waals surface area contributed by atoms with Crippen molar-refractivity contribution >= 4 is 5.97 Å². The quantitative estimate of drug-likeness (QED) is 0.528. The zero-order valence-electron chi connectivity index (χ0n) is 19.2. The lowest BCUT2D eigenvalue weighted by Crippen LogP contribution is -2.53. The van der Waals surface area contributed by atoms with Gasteiger partial charge in [0.2, 0.25) is 0 Å². The van der Waals surface area contributed by atoms with Gasteiger partial charge in [-0.1, -0.05) is 49.6 Å². The van der Waals surface area contributed by atoms with Gasteiger partial charge in [0.1, 0.15) is 11.9 Å². The Kier molecular flexibility index (Phi) is 7.21. The number of aliphatic hydroxyl groups is 1. The maximum Gasteiger partial charge on any atom is 0.343 e. The van der Waals surface area contributed by atoms with E-state index in [1.54, 1.807) is 12.4 Å². The van der Waals surface area contributed by atoms with Gasteiger partial charge in [-0.3, -0.25) is 0 Å². The lowest BCUT2D eigenvalue weighted by Gasteiger charge is -2.42. The van der Waals surface area contributed by atoms with Crippen molar-refractivity contribution in [2.75, 3.05) is 26.7 Å². The summed E-state index contributed by atoms with van der Waals surface area (Å²) in [6, 6.07) is 11.2. The van der Waals surface area contributed by atoms with Gasteiger partial charge >= 0.3 is 5.97 Å². The molecule has 2 heterocycles. The van der Waals surface area contributed by atoms with Crippen molar-refractivity contribution in [1.82, 2.24) is 9.97 Å². The predicted molar refractivity (Wildman–Crippen MR) is 123 cm³/mol. The number of nitrogens with zero attached hydrogens (tertiary/aromatic N) is 3. The van der Waals surface area contributed by atoms with Crippen LogP contribution in [0.3, 0.4) is 0 Å². The van der Waals surface area contributed by atoms with Crippen LogP contribution in [0.1, 0.15) is 56.3 Å². The Hall–Kier alpha value is -2.31. The van der Waals surface area contributed by atoms with Crippen LogP contribution in [0.15, 0.2) is 48.8 Å². The number of carbonyl (C=O) groups is 1. The number of ether oxygens (including phenoxy) is 1. The minimum absolute atomic E-state index is 0.0818. The van der Waals surface area contributed by atoms with Crippen LogP contribution in [0.5, 0.6) is 0 Å². The van der Waals surface area contributed by atoms with Crippen LogP contribution in [-0.2, 0) is 21.6 Å². The van der Waals surface area contributed by atoms with Gasteiger partial charge in [0.05, 0.1) is 33.1 Å². The van der Waals surface area contributed by atoms with E-state index in [-0.39, 0.29) is 12.0 Å². The molecular formula is C26H36N3O3+. The van der Waals surface area contributed by atoms with Crippen LogP contribution in [0, 0.1) is 5.92 Å². The number of piperidine rings is 1. The van der Waals surface area contributed by atoms with Crippen LogP contribution in [0.2, 0.25) is 0 Å². The Labute approximate surface area is 191 Å². The molecule has 2 aromatic rings. The number of rotatable bonds is 7. The molecule has 6 nitrogen and oxygen atoms in total. The first-order valence-corrected chi connectivity index (χ1v) is 12.1. The topological polar surface area (TPSA) is 72.3 Å². The lowest BCUT2D eigenvalue weighted by atomic mass is 9.73. The summed E-state index contributed by atoms with van der Waals surface area (Å²) in [7, 11) is 2.25. The highest BCUT2D eigenvalue weighted by molar-refractivity contribution is 5.81. The summed E-state index contributed by atoms with van der Waals surface area (Å²) >= 11 is 0. The van der Waals surface area contributed by atoms with E-state index in [0.717, 1.165) is 74.9 Å². The van der Waals surface area contributed by atoms with Crippen molar-refractivity contribution in [2.24, 2.45) is 5.92 Å². The number of esters is 1. The summed E-state index contributed by atoms with van der Waals surface area (Å²) in [5.41, 5.74) is -0.890. The Balaban J connectivity index is 1.38. The lowest BCUT2D eigenvalue weighted by molar-refractivity contribution is -0.914. The van der Waals surface area contributed by atoms with E-state index in [1.807, 2.05) is 36.4 Å². The van der Waals surface area contributed by atoms with Crippen LogP contribution in [0.4, 0.5) is 0 Å². The molecule has 1 atom stereocenters. The maximum atomic E-state index is 13.4. The van der Waals surface area contributed by atoms with E-state index >= 15 is 0 Å². The second-order valence-electron chi connectivity index (χ2n) is 9.78. The summed E-state index contributed by atoms with van der Waals surface area (Å²) in [5.74, 6) is 0.330. The molecule has 2 fully saturated rings. The van der Waals surface area contributed by atoms with Gasteiger partial charge in [-0.25, -0.2) is 14.8 Å². The van der Waals surface area contributed by atoms with E-state index < -0.39 is 11.6 Å². The molecule has 4 rings (SSSR count). The van der Waals surface area contributed by atoms with Gasteiger partial charge in [0, 0.05) is 31.2 Å². The number of quaternary nitrogens is 1. The van der Waals surface area contributed by atoms with E-state index in [4.69, 9.17) is 4.74 Å². The average molecular weight is 439 g/mol. The minimum Gasteiger partial charge on any atom is -0.460 e. The predicted octanol–water partition coefficient (Wildman–Crippen LogP) is 3.64. The third-order valence-electron chi connectivity index (χ3n) is 7.47. The van der Waals surface area contributed by atoms with Crippen molar-refractivity contribution in [3.63, 3.8) is 0 Å². The van der Waals surface area contributed by atoms with Crippen molar-refractivity contribution < 1.29 is 19.1 Å². The molecule has 32 heavy (non-hydrogen) atoms. The molecule has 1 N–H and O–H groups in total. The first-order valence-electron chi connectivity index (χ1n) is 12.1. The molecule has 0 radical (unpaired) electrons. The largest absolute Gasteiger partial charge is 0.460 e. The second-order valence-corrected chi connectivity index (χ2v) is 9.78. The van der Waals surface area contributed by atoms with Gasteiger partial charge in [0.25, 0.3) is 0 Å². The zero-order valence-corrected chi connectivity index (χ0v) is 19.2. The molecular weight excluding hydrogens is 402 g/mol. The van der Waals surface area contributed by atoms with E-state index in [9.17, 15) is 9.90 Å². The second kappa shape index (κ2) is 10.1. The molecule has 0 spiro atoms. The standard InChI is InChI=1S/C26H36N3O3/c1-29(20-15-24-27-16-8-17-28-24)18-13-23(14-19-29)32-25(30)26(31,21-9-4-2-5-10-21)22-11-6-3-7-12-22/h2,4-5,8-10,16-17,22-23,31H,3,6-7,11-15,18-20H2,1H3/q+1. The maximum absolute atomic E-state index is 13.4. The highest BCUT2D eigenvalue weighted by Crippen LogP contribution is 2.41. The Morgan fingerprint density at radius 3 is 2.34 bits per heavy atom. The van der Waals surface area contributed by atoms with Gasteiger partial charge in [-0.2, -0.15) is 0 Å². The van der Waals surface area contributed by atoms with Crippen molar-refractivity contribution in [2.45, 2.75) is 63.1 Å². The fraction of sp³-hybridized carbons (Fsp3) is 0.577. The van der Waals surface area contributed by atoms with E-state index in [0.29, 0.717) is 5.56 Å². The molecule has 0 bridgehead atoms. The molecule has 1 aliphatic carbocycles. The monoisotopic (exact) mass is 438 g/mol. The van der Waals surface area contributed by atoms with E-state index in [1.165, 1.54) is 6.42 Å². The first kappa shape index (κ1) is 22.9. The Morgan fingerprint density at radius 1 is 1.03 bits per heavy atom. The van der Waals surface area contributed by atoms with Crippen molar-refractivity contribution in [1.29, 1.82) is 0 Å². The summed E-state index contributed by atoms with van der Waals surface area (Å²) < 4.78 is 6.93. The molecule has 1 unspecified atom stereocenters. The van der Waals surface area contributed by atoms with Crippen molar-refractivity contribution in [3.05, 3.63) is 60.2 Å². The Bertz CT molecular complexity index is 862. The van der Waals surface area contributed by atoms with Crippen LogP contribution in [-0.4, -0.2) is 58.3 Å². The molecule has 172 valence electrons. The van der Waals surface area contributed by atoms with Crippen LogP contribution in [0.25, 0.3) is 0 Å². The Morgan fingerprint density at radius 2 is 1.69 bits per heavy atom. The summed E-state index contributed by atoms with van der Waals surface area (Å²) in [6.45, 7) is 2.86. The first-order chi connectivity index (χ1) is 15.5. The average Bonchev–Trinajstić information content (AvgIpc) is 2.85. The third kappa shape index (κ3) is 5.18. The summed E-state index contributed by atoms with van der Waals surface area (Å²) in [5, 5.41) is 11.7. The SMILES string of the molecule is C[N+]1(CCc2ncccn2)CCC(OC(=O)C(O)(c2ccccc2)C2CCCCC2)CC1. The summed E-state index contributed by atoms with van der Waals surface area (Å²) in [4.78, 5) is 22.1. The number of likely N-dealkylation sites (N-methyl/N-ethyl adjacent to an activating group) is 1. The highest BCUT2D eigenvalue weighted by atomic mass is 16.6. The van der Waals surface area contributed by atoms with Crippen LogP contribution < -0.4 is 0 Å². The minimum atomic E-state index is -1.55. The van der Waals surface area contributed by atoms with Crippen LogP contribution >= 0.6 is 0 Å². The number of hydrogen-bond donors (Lipinski definition) is 1. The molecule has 1 aromatic heterocycles. The third-order valence-corrected chi connectivity index (χ3v) is 7.47. The van der Waals surface area contributed by atoms with Gasteiger partial charge < -0.3 is 14.3 Å². The fourth-order valence-corrected chi connectivity index (χ4v) is 5.31. The number of carbonyl (C=O) groups excluding carboxylic acids is 1. The smallest absolute Gasteiger partial charge is 0.343 e. The molecule has 6 heteroatoms. The summed E-state index contributed by atoms with van der Waals surface area (Å²) in [6.07, 6.45) is 10.9. The molecule has 1 aliphatic heterocycles. The normalized spacial score (nSPS) is 26.2. The number of benzene rings is 1. The zero-order chi connectivity index (χ0) is 22.4. The highest BCUT2D eigenvalue weighted by Gasteiger charge is 2.48.